The van der Waals surface area contributed by atoms with Gasteiger partial charge in [0.1, 0.15) is 5.82 Å². The number of aromatic amines is 1. The topological polar surface area (TPSA) is 74.8 Å². The van der Waals surface area contributed by atoms with E-state index in [0.717, 1.165) is 0 Å². The number of nitrogens with zero attached hydrogens (tertiary/aromatic N) is 1. The molecule has 0 saturated heterocycles. The van der Waals surface area contributed by atoms with Gasteiger partial charge in [-0.15, -0.1) is 11.6 Å². The molecule has 1 aromatic heterocycles. The van der Waals surface area contributed by atoms with Gasteiger partial charge in [0.15, 0.2) is 5.03 Å². The summed E-state index contributed by atoms with van der Waals surface area (Å²) in [5.41, 5.74) is -0.274. The molecule has 0 aromatic carbocycles. The van der Waals surface area contributed by atoms with Crippen molar-refractivity contribution in [2.45, 2.75) is 25.8 Å². The van der Waals surface area contributed by atoms with Crippen LogP contribution in [-0.2, 0) is 10.0 Å². The van der Waals surface area contributed by atoms with E-state index in [1.165, 1.54) is 6.20 Å². The molecule has 0 amide bonds. The smallest absolute Gasteiger partial charge is 0.257 e. The van der Waals surface area contributed by atoms with Crippen LogP contribution in [0.15, 0.2) is 11.2 Å². The van der Waals surface area contributed by atoms with Crippen molar-refractivity contribution in [1.82, 2.24) is 14.7 Å². The summed E-state index contributed by atoms with van der Waals surface area (Å²) < 4.78 is 26.1. The van der Waals surface area contributed by atoms with Crippen molar-refractivity contribution in [2.75, 3.05) is 12.4 Å². The predicted octanol–water partition coefficient (Wildman–Crippen LogP) is 1.26. The summed E-state index contributed by atoms with van der Waals surface area (Å²) in [5, 5.41) is 0.0790. The first-order valence-corrected chi connectivity index (χ1v) is 6.86. The number of imidazole rings is 1. The van der Waals surface area contributed by atoms with Crippen molar-refractivity contribution in [3.05, 3.63) is 12.0 Å². The SMILES string of the molecule is Cc1ncc(S(=O)(=O)NCC(C)(C)CCl)[nH]1. The zero-order valence-corrected chi connectivity index (χ0v) is 11.1. The molecule has 0 saturated carbocycles. The number of sulfonamides is 1. The fraction of sp³-hybridized carbons (Fsp3) is 0.667. The van der Waals surface area contributed by atoms with Gasteiger partial charge in [0.05, 0.1) is 6.20 Å². The highest BCUT2D eigenvalue weighted by atomic mass is 35.5. The van der Waals surface area contributed by atoms with Gasteiger partial charge in [-0.05, 0) is 12.3 Å². The third-order valence-electron chi connectivity index (χ3n) is 2.07. The van der Waals surface area contributed by atoms with Crippen LogP contribution in [0.3, 0.4) is 0 Å². The molecule has 0 unspecified atom stereocenters. The summed E-state index contributed by atoms with van der Waals surface area (Å²) in [5.74, 6) is 0.953. The second kappa shape index (κ2) is 4.73. The molecule has 2 N–H and O–H groups in total. The number of H-pyrrole nitrogens is 1. The van der Waals surface area contributed by atoms with Crippen molar-refractivity contribution in [1.29, 1.82) is 0 Å². The van der Waals surface area contributed by atoms with Gasteiger partial charge in [-0.2, -0.15) is 0 Å². The lowest BCUT2D eigenvalue weighted by Crippen LogP contribution is -2.35. The summed E-state index contributed by atoms with van der Waals surface area (Å²) in [6.45, 7) is 5.76. The second-order valence-corrected chi connectivity index (χ2v) is 6.46. The first-order valence-electron chi connectivity index (χ1n) is 4.84. The molecule has 1 heterocycles. The van der Waals surface area contributed by atoms with Crippen LogP contribution in [0.4, 0.5) is 0 Å². The summed E-state index contributed by atoms with van der Waals surface area (Å²) >= 11 is 5.72. The van der Waals surface area contributed by atoms with Gasteiger partial charge in [0.25, 0.3) is 10.0 Å². The van der Waals surface area contributed by atoms with Crippen LogP contribution in [0.25, 0.3) is 0 Å². The fourth-order valence-corrected chi connectivity index (χ4v) is 2.25. The Bertz CT molecular complexity index is 453. The molecular weight excluding hydrogens is 250 g/mol. The maximum absolute atomic E-state index is 11.8. The highest BCUT2D eigenvalue weighted by molar-refractivity contribution is 7.89. The van der Waals surface area contributed by atoms with Crippen LogP contribution in [0.2, 0.25) is 0 Å². The Morgan fingerprint density at radius 3 is 2.62 bits per heavy atom. The Kier molecular flexibility index (Phi) is 3.98. The minimum atomic E-state index is -3.51. The molecule has 0 aliphatic heterocycles. The van der Waals surface area contributed by atoms with Gasteiger partial charge in [0.2, 0.25) is 0 Å². The molecule has 0 radical (unpaired) electrons. The number of hydrogen-bond donors (Lipinski definition) is 2. The maximum atomic E-state index is 11.8. The van der Waals surface area contributed by atoms with Crippen LogP contribution in [-0.4, -0.2) is 30.8 Å². The number of alkyl halides is 1. The van der Waals surface area contributed by atoms with Gasteiger partial charge < -0.3 is 4.98 Å². The van der Waals surface area contributed by atoms with Crippen LogP contribution >= 0.6 is 11.6 Å². The van der Waals surface area contributed by atoms with E-state index in [4.69, 9.17) is 11.6 Å². The minimum absolute atomic E-state index is 0.0790. The van der Waals surface area contributed by atoms with Crippen LogP contribution in [0.1, 0.15) is 19.7 Å². The summed E-state index contributed by atoms with van der Waals surface area (Å²) in [7, 11) is -3.51. The average molecular weight is 266 g/mol. The number of halogens is 1. The molecule has 92 valence electrons. The van der Waals surface area contributed by atoms with Gasteiger partial charge in [-0.25, -0.2) is 18.1 Å². The van der Waals surface area contributed by atoms with Crippen LogP contribution in [0, 0.1) is 12.3 Å². The number of aromatic nitrogens is 2. The first-order chi connectivity index (χ1) is 7.27. The zero-order valence-electron chi connectivity index (χ0n) is 9.54. The normalized spacial score (nSPS) is 13.0. The summed E-state index contributed by atoms with van der Waals surface area (Å²) in [6, 6.07) is 0. The predicted molar refractivity (Wildman–Crippen MR) is 63.0 cm³/mol. The third kappa shape index (κ3) is 3.47. The lowest BCUT2D eigenvalue weighted by molar-refractivity contribution is 0.413. The molecule has 5 nitrogen and oxygen atoms in total. The van der Waals surface area contributed by atoms with E-state index >= 15 is 0 Å². The molecule has 0 aliphatic rings. The van der Waals surface area contributed by atoms with E-state index in [9.17, 15) is 8.42 Å². The Morgan fingerprint density at radius 2 is 2.19 bits per heavy atom. The molecule has 0 fully saturated rings. The maximum Gasteiger partial charge on any atom is 0.257 e. The quantitative estimate of drug-likeness (QED) is 0.787. The Morgan fingerprint density at radius 1 is 1.56 bits per heavy atom. The van der Waals surface area contributed by atoms with Crippen molar-refractivity contribution >= 4 is 21.6 Å². The molecule has 0 aliphatic carbocycles. The Hall–Kier alpha value is -0.590. The van der Waals surface area contributed by atoms with Gasteiger partial charge in [0, 0.05) is 12.4 Å². The molecular formula is C9H16ClN3O2S. The van der Waals surface area contributed by atoms with Crippen LogP contribution < -0.4 is 4.72 Å². The van der Waals surface area contributed by atoms with Crippen LogP contribution in [0.5, 0.6) is 0 Å². The van der Waals surface area contributed by atoms with E-state index in [1.54, 1.807) is 6.92 Å². The monoisotopic (exact) mass is 265 g/mol. The number of nitrogens with one attached hydrogen (secondary N) is 2. The van der Waals surface area contributed by atoms with Crippen molar-refractivity contribution in [3.63, 3.8) is 0 Å². The third-order valence-corrected chi connectivity index (χ3v) is 4.11. The molecule has 0 bridgehead atoms. The second-order valence-electron chi connectivity index (χ2n) is 4.46. The molecule has 16 heavy (non-hydrogen) atoms. The molecule has 1 rings (SSSR count). The van der Waals surface area contributed by atoms with Crippen molar-refractivity contribution in [2.24, 2.45) is 5.41 Å². The van der Waals surface area contributed by atoms with E-state index in [0.29, 0.717) is 11.7 Å². The number of hydrogen-bond acceptors (Lipinski definition) is 3. The first kappa shape index (κ1) is 13.5. The summed E-state index contributed by atoms with van der Waals surface area (Å²) in [4.78, 5) is 6.52. The Balaban J connectivity index is 2.74. The van der Waals surface area contributed by atoms with Gasteiger partial charge in [-0.3, -0.25) is 0 Å². The zero-order chi connectivity index (χ0) is 12.4. The minimum Gasteiger partial charge on any atom is -0.332 e. The molecule has 0 spiro atoms. The fourth-order valence-electron chi connectivity index (χ4n) is 0.950. The van der Waals surface area contributed by atoms with E-state index in [1.807, 2.05) is 13.8 Å². The van der Waals surface area contributed by atoms with Crippen molar-refractivity contribution < 1.29 is 8.42 Å². The van der Waals surface area contributed by atoms with E-state index in [-0.39, 0.29) is 17.0 Å². The lowest BCUT2D eigenvalue weighted by Gasteiger charge is -2.21. The molecule has 7 heteroatoms. The highest BCUT2D eigenvalue weighted by Gasteiger charge is 2.22. The largest absolute Gasteiger partial charge is 0.332 e. The lowest BCUT2D eigenvalue weighted by atomic mass is 9.97. The average Bonchev–Trinajstić information content (AvgIpc) is 2.63. The Labute approximate surface area is 101 Å². The van der Waals surface area contributed by atoms with Gasteiger partial charge >= 0.3 is 0 Å². The van der Waals surface area contributed by atoms with Crippen molar-refractivity contribution in [3.8, 4) is 0 Å². The molecule has 1 aromatic rings. The van der Waals surface area contributed by atoms with Gasteiger partial charge in [-0.1, -0.05) is 13.8 Å². The van der Waals surface area contributed by atoms with E-state index < -0.39 is 10.0 Å². The highest BCUT2D eigenvalue weighted by Crippen LogP contribution is 2.16. The standard InChI is InChI=1S/C9H16ClN3O2S/c1-7-11-4-8(13-7)16(14,15)12-6-9(2,3)5-10/h4,12H,5-6H2,1-3H3,(H,11,13). The number of rotatable bonds is 5. The summed E-state index contributed by atoms with van der Waals surface area (Å²) in [6.07, 6.45) is 1.30. The van der Waals surface area contributed by atoms with E-state index in [2.05, 4.69) is 14.7 Å². The number of aryl methyl sites for hydroxylation is 1. The molecule has 0 atom stereocenters.